The van der Waals surface area contributed by atoms with E-state index in [0.717, 1.165) is 16.7 Å². The van der Waals surface area contributed by atoms with Crippen LogP contribution >= 0.6 is 7.37 Å². The number of nitro benzene ring substituents is 1. The number of nitro groups is 1. The Balaban J connectivity index is 1.63. The molecule has 9 nitrogen and oxygen atoms in total. The summed E-state index contributed by atoms with van der Waals surface area (Å²) in [5.74, 6) is -1.16. The molecule has 1 aliphatic rings. The summed E-state index contributed by atoms with van der Waals surface area (Å²) < 4.78 is 38.5. The molecule has 0 radical (unpaired) electrons. The average Bonchev–Trinajstić information content (AvgIpc) is 3.02. The normalized spacial score (nSPS) is 18.4. The summed E-state index contributed by atoms with van der Waals surface area (Å²) in [5.41, 5.74) is 2.26. The molecule has 1 heterocycles. The van der Waals surface area contributed by atoms with Crippen molar-refractivity contribution >= 4 is 18.4 Å². The van der Waals surface area contributed by atoms with Gasteiger partial charge in [0.1, 0.15) is 24.4 Å². The summed E-state index contributed by atoms with van der Waals surface area (Å²) >= 11 is 0. The molecule has 1 fully saturated rings. The lowest BCUT2D eigenvalue weighted by Crippen LogP contribution is -2.29. The van der Waals surface area contributed by atoms with Gasteiger partial charge in [0.15, 0.2) is 11.5 Å². The van der Waals surface area contributed by atoms with Crippen molar-refractivity contribution in [3.63, 3.8) is 0 Å². The van der Waals surface area contributed by atoms with Crippen molar-refractivity contribution in [3.8, 4) is 11.5 Å². The van der Waals surface area contributed by atoms with Gasteiger partial charge < -0.3 is 23.8 Å². The van der Waals surface area contributed by atoms with E-state index < -0.39 is 23.8 Å². The van der Waals surface area contributed by atoms with E-state index in [0.29, 0.717) is 6.42 Å². The lowest BCUT2D eigenvalue weighted by Gasteiger charge is -2.30. The van der Waals surface area contributed by atoms with Crippen molar-refractivity contribution in [1.82, 2.24) is 0 Å². The van der Waals surface area contributed by atoms with Crippen LogP contribution in [0.4, 0.5) is 5.69 Å². The zero-order valence-corrected chi connectivity index (χ0v) is 23.9. The van der Waals surface area contributed by atoms with Gasteiger partial charge in [-0.1, -0.05) is 91.0 Å². The number of hydrogen-bond acceptors (Lipinski definition) is 8. The molecule has 2 unspecified atom stereocenters. The zero-order chi connectivity index (χ0) is 29.4. The highest BCUT2D eigenvalue weighted by atomic mass is 31.2. The van der Waals surface area contributed by atoms with Crippen molar-refractivity contribution in [1.29, 1.82) is 0 Å². The number of aliphatic hydroxyl groups is 1. The van der Waals surface area contributed by atoms with Crippen molar-refractivity contribution in [2.24, 2.45) is 0 Å². The summed E-state index contributed by atoms with van der Waals surface area (Å²) in [4.78, 5) is 11.9. The topological polar surface area (TPSA) is 117 Å². The van der Waals surface area contributed by atoms with Gasteiger partial charge in [0.2, 0.25) is 0 Å². The van der Waals surface area contributed by atoms with E-state index >= 15 is 0 Å². The summed E-state index contributed by atoms with van der Waals surface area (Å²) in [6, 6.07) is 29.4. The number of benzene rings is 4. The van der Waals surface area contributed by atoms with Crippen LogP contribution in [0, 0.1) is 10.1 Å². The summed E-state index contributed by atoms with van der Waals surface area (Å²) in [7, 11) is -4.12. The smallest absolute Gasteiger partial charge is 0.286 e. The molecule has 0 amide bonds. The third-order valence-corrected chi connectivity index (χ3v) is 9.64. The van der Waals surface area contributed by atoms with Gasteiger partial charge >= 0.3 is 0 Å². The van der Waals surface area contributed by atoms with E-state index in [-0.39, 0.29) is 61.8 Å². The van der Waals surface area contributed by atoms with Crippen molar-refractivity contribution in [2.45, 2.75) is 45.1 Å². The molecule has 5 rings (SSSR count). The Labute approximate surface area is 244 Å². The molecule has 218 valence electrons. The molecule has 0 aromatic heterocycles. The van der Waals surface area contributed by atoms with E-state index in [9.17, 15) is 19.8 Å². The molecule has 4 aromatic carbocycles. The van der Waals surface area contributed by atoms with E-state index in [4.69, 9.17) is 18.7 Å². The summed E-state index contributed by atoms with van der Waals surface area (Å²) in [6.07, 6.45) is 0.666. The Morgan fingerprint density at radius 1 is 0.833 bits per heavy atom. The van der Waals surface area contributed by atoms with Crippen LogP contribution in [0.3, 0.4) is 0 Å². The van der Waals surface area contributed by atoms with Gasteiger partial charge in [0.25, 0.3) is 13.1 Å². The van der Waals surface area contributed by atoms with Gasteiger partial charge in [0, 0.05) is 5.56 Å². The fraction of sp³-hybridized carbons (Fsp3) is 0.250. The summed E-state index contributed by atoms with van der Waals surface area (Å²) in [5, 5.41) is 23.2. The Morgan fingerprint density at radius 2 is 1.38 bits per heavy atom. The van der Waals surface area contributed by atoms with Crippen LogP contribution < -0.4 is 14.8 Å². The number of nitrogens with zero attached hydrogens (tertiary/aromatic N) is 1. The van der Waals surface area contributed by atoms with E-state index in [1.165, 1.54) is 6.07 Å². The molecule has 0 spiro atoms. The molecular weight excluding hydrogens is 557 g/mol. The van der Waals surface area contributed by atoms with Gasteiger partial charge in [0.05, 0.1) is 30.8 Å². The lowest BCUT2D eigenvalue weighted by molar-refractivity contribution is -0.383. The van der Waals surface area contributed by atoms with Crippen LogP contribution in [0.25, 0.3) is 0 Å². The first-order valence-electron chi connectivity index (χ1n) is 13.7. The van der Waals surface area contributed by atoms with E-state index in [1.54, 1.807) is 0 Å². The van der Waals surface area contributed by atoms with Crippen LogP contribution in [-0.4, -0.2) is 22.5 Å². The molecule has 0 bridgehead atoms. The minimum atomic E-state index is -4.12. The average molecular weight is 590 g/mol. The molecular formula is C32H32NO8P. The minimum absolute atomic E-state index is 0.0987. The quantitative estimate of drug-likeness (QED) is 0.113. The first kappa shape index (κ1) is 29.5. The van der Waals surface area contributed by atoms with Crippen LogP contribution in [-0.2, 0) is 40.3 Å². The second kappa shape index (κ2) is 13.8. The largest absolute Gasteiger partial charge is 0.485 e. The van der Waals surface area contributed by atoms with Crippen LogP contribution in [0.2, 0.25) is 0 Å². The standard InChI is InChI=1S/C32H32NO8P/c34-30-17-10-18-41-42(30,37)32-27(23-38-20-24-11-4-1-5-12-24)31(40-22-26-15-8-3-9-16-26)29(19-28(32)33(35)36)39-21-25-13-6-2-7-14-25/h1-9,11-16,19,30,34H,10,17-18,20-23H2. The molecule has 1 N–H and O–H groups in total. The minimum Gasteiger partial charge on any atom is -0.485 e. The highest BCUT2D eigenvalue weighted by Gasteiger charge is 2.46. The summed E-state index contributed by atoms with van der Waals surface area (Å²) in [6.45, 7) is 0.314. The SMILES string of the molecule is O=[N+]([O-])c1cc(OCc2ccccc2)c(OCc2ccccc2)c(COCc2ccccc2)c1P1(=O)OCCCC1O. The predicted octanol–water partition coefficient (Wildman–Crippen LogP) is 6.50. The number of hydrogen-bond donors (Lipinski definition) is 1. The first-order valence-corrected chi connectivity index (χ1v) is 15.4. The Kier molecular flexibility index (Phi) is 9.66. The molecule has 42 heavy (non-hydrogen) atoms. The Bertz CT molecular complexity index is 1530. The van der Waals surface area contributed by atoms with Crippen LogP contribution in [0.1, 0.15) is 35.1 Å². The zero-order valence-electron chi connectivity index (χ0n) is 23.0. The molecule has 1 saturated heterocycles. The molecule has 1 aliphatic heterocycles. The predicted molar refractivity (Wildman–Crippen MR) is 158 cm³/mol. The van der Waals surface area contributed by atoms with Gasteiger partial charge in [-0.05, 0) is 29.5 Å². The Hall–Kier alpha value is -4.01. The molecule has 0 saturated carbocycles. The third kappa shape index (κ3) is 6.89. The maximum atomic E-state index is 14.3. The highest BCUT2D eigenvalue weighted by molar-refractivity contribution is 7.68. The molecule has 4 aromatic rings. The maximum absolute atomic E-state index is 14.3. The second-order valence-electron chi connectivity index (χ2n) is 9.89. The van der Waals surface area contributed by atoms with Gasteiger partial charge in [-0.3, -0.25) is 14.7 Å². The molecule has 2 atom stereocenters. The van der Waals surface area contributed by atoms with Gasteiger partial charge in [-0.15, -0.1) is 0 Å². The molecule has 0 aliphatic carbocycles. The second-order valence-corrected chi connectivity index (χ2v) is 12.4. The fourth-order valence-electron chi connectivity index (χ4n) is 4.80. The lowest BCUT2D eigenvalue weighted by atomic mass is 10.1. The molecule has 10 heteroatoms. The van der Waals surface area contributed by atoms with Crippen LogP contribution in [0.5, 0.6) is 11.5 Å². The van der Waals surface area contributed by atoms with Crippen LogP contribution in [0.15, 0.2) is 97.1 Å². The van der Waals surface area contributed by atoms with E-state index in [2.05, 4.69) is 0 Å². The monoisotopic (exact) mass is 589 g/mol. The first-order chi connectivity index (χ1) is 20.5. The number of aliphatic hydroxyl groups excluding tert-OH is 1. The fourth-order valence-corrected chi connectivity index (χ4v) is 7.33. The van der Waals surface area contributed by atoms with Crippen molar-refractivity contribution < 1.29 is 33.3 Å². The van der Waals surface area contributed by atoms with Crippen molar-refractivity contribution in [2.75, 3.05) is 6.61 Å². The van der Waals surface area contributed by atoms with Gasteiger partial charge in [-0.2, -0.15) is 0 Å². The van der Waals surface area contributed by atoms with E-state index in [1.807, 2.05) is 91.0 Å². The Morgan fingerprint density at radius 3 is 1.93 bits per heavy atom. The third-order valence-electron chi connectivity index (χ3n) is 6.91. The number of ether oxygens (including phenoxy) is 3. The highest BCUT2D eigenvalue weighted by Crippen LogP contribution is 2.58. The number of rotatable bonds is 12. The van der Waals surface area contributed by atoms with Gasteiger partial charge in [-0.25, -0.2) is 0 Å². The maximum Gasteiger partial charge on any atom is 0.286 e. The van der Waals surface area contributed by atoms with Crippen molar-refractivity contribution in [3.05, 3.63) is 129 Å².